The van der Waals surface area contributed by atoms with Crippen LogP contribution in [0.25, 0.3) is 0 Å². The van der Waals surface area contributed by atoms with Gasteiger partial charge in [-0.2, -0.15) is 4.98 Å². The van der Waals surface area contributed by atoms with Gasteiger partial charge in [-0.25, -0.2) is 0 Å². The molecule has 0 radical (unpaired) electrons. The largest absolute Gasteiger partial charge is 0.481 e. The second kappa shape index (κ2) is 7.20. The summed E-state index contributed by atoms with van der Waals surface area (Å²) in [7, 11) is 0. The van der Waals surface area contributed by atoms with Crippen molar-refractivity contribution in [1.82, 2.24) is 9.55 Å². The monoisotopic (exact) mass is 270 g/mol. The van der Waals surface area contributed by atoms with Crippen molar-refractivity contribution < 1.29 is 9.90 Å². The Labute approximate surface area is 110 Å². The first-order chi connectivity index (χ1) is 8.58. The maximum atomic E-state index is 11.3. The molecule has 0 spiro atoms. The number of hydrogen-bond donors (Lipinski definition) is 1. The number of carboxylic acid groups (broad SMARTS) is 1. The first-order valence-electron chi connectivity index (χ1n) is 6.02. The zero-order chi connectivity index (χ0) is 13.5. The summed E-state index contributed by atoms with van der Waals surface area (Å²) < 4.78 is 1.92. The highest BCUT2D eigenvalue weighted by Crippen LogP contribution is 2.23. The molecule has 1 N–H and O–H groups in total. The fourth-order valence-corrected chi connectivity index (χ4v) is 2.55. The third-order valence-electron chi connectivity index (χ3n) is 2.62. The molecule has 0 aliphatic rings. The van der Waals surface area contributed by atoms with Crippen LogP contribution in [0.2, 0.25) is 0 Å². The third kappa shape index (κ3) is 4.18. The molecule has 0 aliphatic heterocycles. The number of aromatic nitrogens is 2. The topological polar surface area (TPSA) is 72.2 Å². The lowest BCUT2D eigenvalue weighted by atomic mass is 10.1. The van der Waals surface area contributed by atoms with Crippen LogP contribution >= 0.6 is 11.8 Å². The van der Waals surface area contributed by atoms with E-state index in [4.69, 9.17) is 5.11 Å². The molecule has 0 saturated heterocycles. The fourth-order valence-electron chi connectivity index (χ4n) is 1.78. The van der Waals surface area contributed by atoms with Crippen molar-refractivity contribution in [3.63, 3.8) is 0 Å². The number of carbonyl (C=O) groups is 1. The van der Waals surface area contributed by atoms with Crippen molar-refractivity contribution in [2.24, 2.45) is 0 Å². The lowest BCUT2D eigenvalue weighted by Crippen LogP contribution is -2.18. The quantitative estimate of drug-likeness (QED) is 0.607. The van der Waals surface area contributed by atoms with Crippen molar-refractivity contribution in [2.45, 2.75) is 44.3 Å². The first kappa shape index (κ1) is 14.8. The van der Waals surface area contributed by atoms with Gasteiger partial charge < -0.3 is 9.67 Å². The van der Waals surface area contributed by atoms with Gasteiger partial charge in [0.25, 0.3) is 5.56 Å². The summed E-state index contributed by atoms with van der Waals surface area (Å²) in [5.74, 6) is -0.993. The van der Waals surface area contributed by atoms with Gasteiger partial charge in [-0.3, -0.25) is 9.59 Å². The van der Waals surface area contributed by atoms with Crippen LogP contribution in [0.1, 0.15) is 39.2 Å². The smallest absolute Gasteiger partial charge is 0.313 e. The summed E-state index contributed by atoms with van der Waals surface area (Å²) in [6.07, 6.45) is 4.66. The third-order valence-corrected chi connectivity index (χ3v) is 3.57. The van der Waals surface area contributed by atoms with E-state index in [1.807, 2.05) is 4.57 Å². The van der Waals surface area contributed by atoms with Crippen molar-refractivity contribution >= 4 is 17.7 Å². The van der Waals surface area contributed by atoms with Crippen LogP contribution in [0.4, 0.5) is 0 Å². The standard InChI is InChI=1S/C12H18N2O3S/c1-3-5-9(4-2)14-7-6-10(15)13-12(14)18-8-11(16)17/h6-7,9H,3-5,8H2,1-2H3,(H,16,17). The van der Waals surface area contributed by atoms with Gasteiger partial charge in [-0.05, 0) is 12.8 Å². The van der Waals surface area contributed by atoms with E-state index in [2.05, 4.69) is 18.8 Å². The Bertz CT molecular complexity index is 459. The minimum atomic E-state index is -0.909. The molecule has 1 unspecified atom stereocenters. The van der Waals surface area contributed by atoms with Crippen LogP contribution in [0.3, 0.4) is 0 Å². The molecule has 1 atom stereocenters. The normalized spacial score (nSPS) is 12.3. The molecule has 5 nitrogen and oxygen atoms in total. The molecular weight excluding hydrogens is 252 g/mol. The van der Waals surface area contributed by atoms with Gasteiger partial charge in [0.2, 0.25) is 0 Å². The molecule has 0 amide bonds. The molecule has 1 rings (SSSR count). The maximum Gasteiger partial charge on any atom is 0.313 e. The minimum absolute atomic E-state index is 0.0843. The van der Waals surface area contributed by atoms with Gasteiger partial charge >= 0.3 is 5.97 Å². The highest BCUT2D eigenvalue weighted by molar-refractivity contribution is 7.99. The van der Waals surface area contributed by atoms with E-state index in [9.17, 15) is 9.59 Å². The Balaban J connectivity index is 3.01. The number of nitrogens with zero attached hydrogens (tertiary/aromatic N) is 2. The Morgan fingerprint density at radius 2 is 2.28 bits per heavy atom. The Hall–Kier alpha value is -1.30. The first-order valence-corrected chi connectivity index (χ1v) is 7.00. The van der Waals surface area contributed by atoms with Gasteiger partial charge in [0.05, 0.1) is 5.75 Å². The lowest BCUT2D eigenvalue weighted by Gasteiger charge is -2.20. The van der Waals surface area contributed by atoms with Crippen LogP contribution in [0.5, 0.6) is 0 Å². The molecule has 0 saturated carbocycles. The lowest BCUT2D eigenvalue weighted by molar-refractivity contribution is -0.133. The van der Waals surface area contributed by atoms with Gasteiger partial charge in [-0.1, -0.05) is 32.0 Å². The molecule has 100 valence electrons. The number of hydrogen-bond acceptors (Lipinski definition) is 4. The summed E-state index contributed by atoms with van der Waals surface area (Å²) in [4.78, 5) is 25.8. The van der Waals surface area contributed by atoms with Crippen LogP contribution < -0.4 is 5.56 Å². The van der Waals surface area contributed by atoms with E-state index in [-0.39, 0.29) is 17.4 Å². The second-order valence-electron chi connectivity index (χ2n) is 3.99. The number of rotatable bonds is 7. The zero-order valence-electron chi connectivity index (χ0n) is 10.6. The van der Waals surface area contributed by atoms with Gasteiger partial charge in [-0.15, -0.1) is 0 Å². The predicted molar refractivity (Wildman–Crippen MR) is 71.1 cm³/mol. The Kier molecular flexibility index (Phi) is 5.91. The van der Waals surface area contributed by atoms with E-state index in [0.29, 0.717) is 5.16 Å². The van der Waals surface area contributed by atoms with Crippen LogP contribution in [0, 0.1) is 0 Å². The van der Waals surface area contributed by atoms with Crippen LogP contribution in [-0.4, -0.2) is 26.4 Å². The molecule has 0 bridgehead atoms. The summed E-state index contributed by atoms with van der Waals surface area (Å²) in [6.45, 7) is 4.17. The highest BCUT2D eigenvalue weighted by atomic mass is 32.2. The number of thioether (sulfide) groups is 1. The molecule has 1 aromatic rings. The van der Waals surface area contributed by atoms with Crippen molar-refractivity contribution in [3.8, 4) is 0 Å². The summed E-state index contributed by atoms with van der Waals surface area (Å²) in [5, 5.41) is 9.19. The number of carboxylic acids is 1. The maximum absolute atomic E-state index is 11.3. The predicted octanol–water partition coefficient (Wildman–Crippen LogP) is 2.17. The summed E-state index contributed by atoms with van der Waals surface area (Å²) >= 11 is 1.09. The van der Waals surface area contributed by atoms with Crippen molar-refractivity contribution in [1.29, 1.82) is 0 Å². The molecule has 0 aliphatic carbocycles. The summed E-state index contributed by atoms with van der Waals surface area (Å²) in [6, 6.07) is 1.68. The van der Waals surface area contributed by atoms with E-state index in [1.165, 1.54) is 6.07 Å². The Morgan fingerprint density at radius 1 is 1.56 bits per heavy atom. The van der Waals surface area contributed by atoms with Gasteiger partial charge in [0, 0.05) is 18.3 Å². The molecule has 6 heteroatoms. The van der Waals surface area contributed by atoms with Crippen LogP contribution in [0.15, 0.2) is 22.2 Å². The molecule has 1 aromatic heterocycles. The molecule has 0 aromatic carbocycles. The molecule has 18 heavy (non-hydrogen) atoms. The molecular formula is C12H18N2O3S. The van der Waals surface area contributed by atoms with E-state index < -0.39 is 5.97 Å². The fraction of sp³-hybridized carbons (Fsp3) is 0.583. The highest BCUT2D eigenvalue weighted by Gasteiger charge is 2.13. The van der Waals surface area contributed by atoms with E-state index in [1.54, 1.807) is 6.20 Å². The molecule has 1 heterocycles. The average molecular weight is 270 g/mol. The van der Waals surface area contributed by atoms with Crippen LogP contribution in [-0.2, 0) is 4.79 Å². The van der Waals surface area contributed by atoms with Gasteiger partial charge in [0.15, 0.2) is 5.16 Å². The molecule has 0 fully saturated rings. The minimum Gasteiger partial charge on any atom is -0.481 e. The average Bonchev–Trinajstić information content (AvgIpc) is 2.34. The van der Waals surface area contributed by atoms with E-state index in [0.717, 1.165) is 31.0 Å². The SMILES string of the molecule is CCCC(CC)n1ccc(=O)nc1SCC(=O)O. The zero-order valence-corrected chi connectivity index (χ0v) is 11.4. The van der Waals surface area contributed by atoms with Crippen molar-refractivity contribution in [2.75, 3.05) is 5.75 Å². The number of aliphatic carboxylic acids is 1. The van der Waals surface area contributed by atoms with E-state index >= 15 is 0 Å². The van der Waals surface area contributed by atoms with Crippen molar-refractivity contribution in [3.05, 3.63) is 22.6 Å². The van der Waals surface area contributed by atoms with Gasteiger partial charge in [0.1, 0.15) is 0 Å². The summed E-state index contributed by atoms with van der Waals surface area (Å²) in [5.41, 5.74) is -0.328. The Morgan fingerprint density at radius 3 is 2.83 bits per heavy atom. The second-order valence-corrected chi connectivity index (χ2v) is 4.93.